The SMILES string of the molecule is NC(=O)CN(CC1CCCO1)C1CCNCC1. The summed E-state index contributed by atoms with van der Waals surface area (Å²) in [5, 5.41) is 3.34. The number of primary amides is 1. The van der Waals surface area contributed by atoms with E-state index >= 15 is 0 Å². The number of hydrogen-bond donors (Lipinski definition) is 2. The molecular formula is C12H23N3O2. The number of ether oxygens (including phenoxy) is 1. The second kappa shape index (κ2) is 6.33. The largest absolute Gasteiger partial charge is 0.377 e. The zero-order chi connectivity index (χ0) is 12.1. The van der Waals surface area contributed by atoms with Crippen molar-refractivity contribution in [3.8, 4) is 0 Å². The molecule has 1 unspecified atom stereocenters. The van der Waals surface area contributed by atoms with Crippen LogP contribution in [-0.4, -0.2) is 55.7 Å². The standard InChI is InChI=1S/C12H23N3O2/c13-12(16)9-15(8-11-2-1-7-17-11)10-3-5-14-6-4-10/h10-11,14H,1-9H2,(H2,13,16). The molecule has 3 N–H and O–H groups in total. The first kappa shape index (κ1) is 12.8. The molecule has 2 fully saturated rings. The molecule has 5 heteroatoms. The van der Waals surface area contributed by atoms with E-state index in [1.54, 1.807) is 0 Å². The summed E-state index contributed by atoms with van der Waals surface area (Å²) < 4.78 is 5.65. The average Bonchev–Trinajstić information content (AvgIpc) is 2.82. The van der Waals surface area contributed by atoms with Crippen LogP contribution in [0.1, 0.15) is 25.7 Å². The van der Waals surface area contributed by atoms with Crippen molar-refractivity contribution < 1.29 is 9.53 Å². The molecule has 1 atom stereocenters. The molecule has 98 valence electrons. The molecule has 5 nitrogen and oxygen atoms in total. The molecule has 17 heavy (non-hydrogen) atoms. The highest BCUT2D eigenvalue weighted by Gasteiger charge is 2.26. The molecule has 0 aromatic rings. The van der Waals surface area contributed by atoms with Gasteiger partial charge in [0.1, 0.15) is 0 Å². The number of carbonyl (C=O) groups excluding carboxylic acids is 1. The van der Waals surface area contributed by atoms with E-state index in [9.17, 15) is 4.79 Å². The summed E-state index contributed by atoms with van der Waals surface area (Å²) in [7, 11) is 0. The molecule has 0 radical (unpaired) electrons. The lowest BCUT2D eigenvalue weighted by atomic mass is 10.0. The zero-order valence-corrected chi connectivity index (χ0v) is 10.4. The maximum Gasteiger partial charge on any atom is 0.231 e. The Labute approximate surface area is 103 Å². The summed E-state index contributed by atoms with van der Waals surface area (Å²) >= 11 is 0. The Morgan fingerprint density at radius 2 is 2.12 bits per heavy atom. The van der Waals surface area contributed by atoms with E-state index in [4.69, 9.17) is 10.5 Å². The van der Waals surface area contributed by atoms with Gasteiger partial charge in [-0.15, -0.1) is 0 Å². The van der Waals surface area contributed by atoms with E-state index in [-0.39, 0.29) is 5.91 Å². The molecule has 2 aliphatic rings. The fourth-order valence-corrected chi connectivity index (χ4v) is 2.76. The van der Waals surface area contributed by atoms with Crippen molar-refractivity contribution in [3.63, 3.8) is 0 Å². The number of carbonyl (C=O) groups is 1. The van der Waals surface area contributed by atoms with Gasteiger partial charge in [0.15, 0.2) is 0 Å². The smallest absolute Gasteiger partial charge is 0.231 e. The molecule has 1 amide bonds. The van der Waals surface area contributed by atoms with Crippen LogP contribution in [-0.2, 0) is 9.53 Å². The number of rotatable bonds is 5. The third kappa shape index (κ3) is 3.94. The Kier molecular flexibility index (Phi) is 4.76. The lowest BCUT2D eigenvalue weighted by Crippen LogP contribution is -2.49. The monoisotopic (exact) mass is 241 g/mol. The molecular weight excluding hydrogens is 218 g/mol. The summed E-state index contributed by atoms with van der Waals surface area (Å²) in [6, 6.07) is 0.480. The van der Waals surface area contributed by atoms with Crippen LogP contribution in [0.25, 0.3) is 0 Å². The fraction of sp³-hybridized carbons (Fsp3) is 0.917. The highest BCUT2D eigenvalue weighted by Crippen LogP contribution is 2.17. The summed E-state index contributed by atoms with van der Waals surface area (Å²) in [5.74, 6) is -0.235. The fourth-order valence-electron chi connectivity index (χ4n) is 2.76. The van der Waals surface area contributed by atoms with Crippen LogP contribution in [0, 0.1) is 0 Å². The molecule has 0 saturated carbocycles. The maximum atomic E-state index is 11.2. The van der Waals surface area contributed by atoms with Crippen LogP contribution in [0.5, 0.6) is 0 Å². The second-order valence-corrected chi connectivity index (χ2v) is 5.01. The van der Waals surface area contributed by atoms with Crippen molar-refractivity contribution in [1.29, 1.82) is 0 Å². The molecule has 0 spiro atoms. The number of piperidine rings is 1. The van der Waals surface area contributed by atoms with E-state index in [2.05, 4.69) is 10.2 Å². The Balaban J connectivity index is 1.88. The van der Waals surface area contributed by atoms with Crippen LogP contribution in [0.15, 0.2) is 0 Å². The van der Waals surface area contributed by atoms with Crippen LogP contribution < -0.4 is 11.1 Å². The predicted octanol–water partition coefficient (Wildman–Crippen LogP) is -0.295. The molecule has 0 aromatic heterocycles. The van der Waals surface area contributed by atoms with Crippen LogP contribution in [0.4, 0.5) is 0 Å². The van der Waals surface area contributed by atoms with Gasteiger partial charge < -0.3 is 15.8 Å². The lowest BCUT2D eigenvalue weighted by molar-refractivity contribution is -0.120. The summed E-state index contributed by atoms with van der Waals surface area (Å²) in [5.41, 5.74) is 5.34. The lowest BCUT2D eigenvalue weighted by Gasteiger charge is -2.35. The van der Waals surface area contributed by atoms with Gasteiger partial charge in [0.05, 0.1) is 12.6 Å². The average molecular weight is 241 g/mol. The minimum absolute atomic E-state index is 0.235. The predicted molar refractivity (Wildman–Crippen MR) is 65.6 cm³/mol. The van der Waals surface area contributed by atoms with Gasteiger partial charge in [-0.25, -0.2) is 0 Å². The van der Waals surface area contributed by atoms with Crippen molar-refractivity contribution in [2.24, 2.45) is 5.73 Å². The van der Waals surface area contributed by atoms with Crippen LogP contribution >= 0.6 is 0 Å². The van der Waals surface area contributed by atoms with Gasteiger partial charge in [-0.2, -0.15) is 0 Å². The maximum absolute atomic E-state index is 11.2. The molecule has 0 aromatic carbocycles. The summed E-state index contributed by atoms with van der Waals surface area (Å²) in [6.07, 6.45) is 4.74. The first-order valence-corrected chi connectivity index (χ1v) is 6.60. The first-order chi connectivity index (χ1) is 8.25. The Morgan fingerprint density at radius 1 is 1.35 bits per heavy atom. The topological polar surface area (TPSA) is 67.6 Å². The second-order valence-electron chi connectivity index (χ2n) is 5.01. The van der Waals surface area contributed by atoms with Gasteiger partial charge in [-0.05, 0) is 38.8 Å². The third-order valence-electron chi connectivity index (χ3n) is 3.65. The number of amides is 1. The van der Waals surface area contributed by atoms with Gasteiger partial charge in [-0.1, -0.05) is 0 Å². The molecule has 2 aliphatic heterocycles. The van der Waals surface area contributed by atoms with E-state index in [1.165, 1.54) is 0 Å². The first-order valence-electron chi connectivity index (χ1n) is 6.60. The van der Waals surface area contributed by atoms with Gasteiger partial charge in [0, 0.05) is 19.2 Å². The van der Waals surface area contributed by atoms with Gasteiger partial charge in [-0.3, -0.25) is 9.69 Å². The number of hydrogen-bond acceptors (Lipinski definition) is 4. The highest BCUT2D eigenvalue weighted by molar-refractivity contribution is 5.75. The molecule has 0 aliphatic carbocycles. The van der Waals surface area contributed by atoms with Gasteiger partial charge >= 0.3 is 0 Å². The van der Waals surface area contributed by atoms with Crippen molar-refractivity contribution in [2.45, 2.75) is 37.8 Å². The minimum atomic E-state index is -0.235. The normalized spacial score (nSPS) is 26.5. The van der Waals surface area contributed by atoms with E-state index in [0.717, 1.165) is 51.9 Å². The summed E-state index contributed by atoms with van der Waals surface area (Å²) in [6.45, 7) is 4.15. The molecule has 2 saturated heterocycles. The van der Waals surface area contributed by atoms with E-state index in [1.807, 2.05) is 0 Å². The van der Waals surface area contributed by atoms with Crippen molar-refractivity contribution in [3.05, 3.63) is 0 Å². The van der Waals surface area contributed by atoms with E-state index < -0.39 is 0 Å². The minimum Gasteiger partial charge on any atom is -0.377 e. The Hall–Kier alpha value is -0.650. The van der Waals surface area contributed by atoms with Crippen LogP contribution in [0.3, 0.4) is 0 Å². The quantitative estimate of drug-likeness (QED) is 0.694. The van der Waals surface area contributed by atoms with Crippen molar-refractivity contribution >= 4 is 5.91 Å². The third-order valence-corrected chi connectivity index (χ3v) is 3.65. The summed E-state index contributed by atoms with van der Waals surface area (Å²) in [4.78, 5) is 13.4. The molecule has 2 rings (SSSR count). The molecule has 0 bridgehead atoms. The number of nitrogens with one attached hydrogen (secondary N) is 1. The molecule has 2 heterocycles. The van der Waals surface area contributed by atoms with Crippen molar-refractivity contribution in [2.75, 3.05) is 32.8 Å². The zero-order valence-electron chi connectivity index (χ0n) is 10.4. The Bertz CT molecular complexity index is 248. The van der Waals surface area contributed by atoms with Crippen molar-refractivity contribution in [1.82, 2.24) is 10.2 Å². The number of nitrogens with two attached hydrogens (primary N) is 1. The van der Waals surface area contributed by atoms with Gasteiger partial charge in [0.25, 0.3) is 0 Å². The highest BCUT2D eigenvalue weighted by atomic mass is 16.5. The number of nitrogens with zero attached hydrogens (tertiary/aromatic N) is 1. The van der Waals surface area contributed by atoms with E-state index in [0.29, 0.717) is 18.7 Å². The van der Waals surface area contributed by atoms with Crippen LogP contribution in [0.2, 0.25) is 0 Å². The Morgan fingerprint density at radius 3 is 2.71 bits per heavy atom. The van der Waals surface area contributed by atoms with Gasteiger partial charge in [0.2, 0.25) is 5.91 Å².